The zero-order chi connectivity index (χ0) is 5.70. The molecule has 0 rings (SSSR count). The molecule has 0 saturated carbocycles. The van der Waals surface area contributed by atoms with Crippen LogP contribution in [-0.2, 0) is 16.7 Å². The van der Waals surface area contributed by atoms with Crippen molar-refractivity contribution in [2.24, 2.45) is 17.5 Å². The molecule has 0 radical (unpaired) electrons. The van der Waals surface area contributed by atoms with Gasteiger partial charge in [-0.1, -0.05) is 0 Å². The van der Waals surface area contributed by atoms with Crippen molar-refractivity contribution in [3.8, 4) is 0 Å². The Balaban J connectivity index is 2.99. The Hall–Kier alpha value is 0.383. The van der Waals surface area contributed by atoms with Crippen molar-refractivity contribution in [1.82, 2.24) is 12.5 Å². The second kappa shape index (κ2) is 4.54. The molecule has 0 aromatic heterocycles. The summed E-state index contributed by atoms with van der Waals surface area (Å²) < 4.78 is 7.31. The molecule has 0 amide bonds. The molecule has 0 atom stereocenters. The molecule has 0 fully saturated rings. The average Bonchev–Trinajstić information content (AvgIpc) is 1.72. The summed E-state index contributed by atoms with van der Waals surface area (Å²) in [6, 6.07) is 0. The maximum absolute atomic E-state index is 4.95. The van der Waals surface area contributed by atoms with Gasteiger partial charge in [0.2, 0.25) is 0 Å². The van der Waals surface area contributed by atoms with Crippen molar-refractivity contribution in [3.05, 3.63) is 0 Å². The number of nitrogens with one attached hydrogen (secondary N) is 3. The molecule has 41 valence electrons. The second-order valence-electron chi connectivity index (χ2n) is 1.14. The van der Waals surface area contributed by atoms with Crippen molar-refractivity contribution in [2.45, 2.75) is 0 Å². The first kappa shape index (κ1) is 7.38. The molecule has 0 aliphatic rings. The van der Waals surface area contributed by atoms with Crippen LogP contribution in [-0.4, -0.2) is 0 Å². The van der Waals surface area contributed by atoms with E-state index in [-0.39, 0.29) is 0 Å². The van der Waals surface area contributed by atoms with Crippen molar-refractivity contribution in [1.29, 1.82) is 0 Å². The molecular weight excluding hydrogens is 149 g/mol. The Bertz CT molecular complexity index is 25.7. The number of hydrazine groups is 3. The molecule has 0 saturated heterocycles. The van der Waals surface area contributed by atoms with Crippen molar-refractivity contribution in [2.75, 3.05) is 0 Å². The van der Waals surface area contributed by atoms with E-state index in [0.29, 0.717) is 0 Å². The fraction of sp³-hybridized carbons (Fsp3) is 0. The second-order valence-corrected chi connectivity index (χ2v) is 5.94. The van der Waals surface area contributed by atoms with Gasteiger partial charge in [-0.25, -0.2) is 0 Å². The van der Waals surface area contributed by atoms with E-state index in [2.05, 4.69) is 12.5 Å². The van der Waals surface area contributed by atoms with Gasteiger partial charge in [-0.15, -0.1) is 0 Å². The van der Waals surface area contributed by atoms with E-state index in [1.165, 1.54) is 0 Å². The van der Waals surface area contributed by atoms with Gasteiger partial charge in [0.05, 0.1) is 0 Å². The van der Waals surface area contributed by atoms with Gasteiger partial charge < -0.3 is 0 Å². The van der Waals surface area contributed by atoms with E-state index in [1.807, 2.05) is 0 Å². The zero-order valence-electron chi connectivity index (χ0n) is 3.94. The molecule has 0 heterocycles. The quantitative estimate of drug-likeness (QED) is 0.146. The van der Waals surface area contributed by atoms with Gasteiger partial charge in [-0.05, 0) is 0 Å². The van der Waals surface area contributed by atoms with E-state index in [4.69, 9.17) is 17.5 Å². The summed E-state index contributed by atoms with van der Waals surface area (Å²) in [5.74, 6) is 14.9. The van der Waals surface area contributed by atoms with E-state index in [0.717, 1.165) is 0 Å². The van der Waals surface area contributed by atoms with Gasteiger partial charge in [0.25, 0.3) is 0 Å². The van der Waals surface area contributed by atoms with Gasteiger partial charge in [0.15, 0.2) is 0 Å². The molecule has 6 nitrogen and oxygen atoms in total. The molecule has 7 heteroatoms. The van der Waals surface area contributed by atoms with Crippen LogP contribution in [0.2, 0.25) is 0 Å². The Kier molecular flexibility index (Phi) is 4.79. The first-order valence-electron chi connectivity index (χ1n) is 1.93. The van der Waals surface area contributed by atoms with Crippen molar-refractivity contribution in [3.63, 3.8) is 0 Å². The minimum atomic E-state index is -2.17. The van der Waals surface area contributed by atoms with Gasteiger partial charge in [0.1, 0.15) is 0 Å². The average molecular weight is 159 g/mol. The van der Waals surface area contributed by atoms with Crippen LogP contribution in [0.4, 0.5) is 0 Å². The number of rotatable bonds is 3. The SMILES string of the molecule is N[NH][Zn]([NH]N)[NH]N. The number of hydrogen-bond acceptors (Lipinski definition) is 6. The predicted octanol–water partition coefficient (Wildman–Crippen LogP) is -3.26. The van der Waals surface area contributed by atoms with Crippen molar-refractivity contribution >= 4 is 0 Å². The monoisotopic (exact) mass is 157 g/mol. The van der Waals surface area contributed by atoms with E-state index >= 15 is 0 Å². The van der Waals surface area contributed by atoms with Crippen LogP contribution >= 0.6 is 0 Å². The molecule has 0 aromatic rings. The molecule has 0 aliphatic carbocycles. The van der Waals surface area contributed by atoms with Gasteiger partial charge in [0, 0.05) is 0 Å². The third-order valence-corrected chi connectivity index (χ3v) is 3.18. The molecule has 0 spiro atoms. The molecule has 9 N–H and O–H groups in total. The molecule has 7 heavy (non-hydrogen) atoms. The summed E-state index contributed by atoms with van der Waals surface area (Å²) in [5, 5.41) is 0. The Labute approximate surface area is 47.4 Å². The van der Waals surface area contributed by atoms with Gasteiger partial charge in [-0.2, -0.15) is 0 Å². The summed E-state index contributed by atoms with van der Waals surface area (Å²) in [4.78, 5) is 0. The van der Waals surface area contributed by atoms with Crippen LogP contribution in [0.1, 0.15) is 0 Å². The summed E-state index contributed by atoms with van der Waals surface area (Å²) in [6.45, 7) is 0. The Morgan fingerprint density at radius 3 is 1.14 bits per heavy atom. The topological polar surface area (TPSA) is 114 Å². The predicted molar refractivity (Wildman–Crippen MR) is 22.0 cm³/mol. The van der Waals surface area contributed by atoms with Gasteiger partial charge in [-0.3, -0.25) is 0 Å². The van der Waals surface area contributed by atoms with E-state index in [1.54, 1.807) is 0 Å². The minimum absolute atomic E-state index is 2.17. The summed E-state index contributed by atoms with van der Waals surface area (Å²) in [7, 11) is 0. The third kappa shape index (κ3) is 3.01. The molecule has 0 aliphatic heterocycles. The number of nitrogens with two attached hydrogens (primary N) is 3. The van der Waals surface area contributed by atoms with Crippen molar-refractivity contribution < 1.29 is 16.7 Å². The molecule has 0 bridgehead atoms. The summed E-state index contributed by atoms with van der Waals surface area (Å²) >= 11 is -2.17. The van der Waals surface area contributed by atoms with Crippen LogP contribution in [0.15, 0.2) is 0 Å². The summed E-state index contributed by atoms with van der Waals surface area (Å²) in [6.07, 6.45) is 0. The van der Waals surface area contributed by atoms with Crippen LogP contribution in [0, 0.1) is 0 Å². The fourth-order valence-electron chi connectivity index (χ4n) is 0.177. The van der Waals surface area contributed by atoms with Gasteiger partial charge >= 0.3 is 46.7 Å². The third-order valence-electron chi connectivity index (χ3n) is 0.612. The van der Waals surface area contributed by atoms with Crippen LogP contribution in [0.5, 0.6) is 0 Å². The van der Waals surface area contributed by atoms with Crippen LogP contribution in [0.25, 0.3) is 0 Å². The molecule has 0 unspecified atom stereocenters. The van der Waals surface area contributed by atoms with E-state index < -0.39 is 16.7 Å². The Morgan fingerprint density at radius 2 is 1.14 bits per heavy atom. The normalized spacial score (nSPS) is 9.00. The number of hydrogen-bond donors (Lipinski definition) is 6. The molecule has 0 aromatic carbocycles. The van der Waals surface area contributed by atoms with Crippen LogP contribution < -0.4 is 30.0 Å². The Morgan fingerprint density at radius 1 is 0.857 bits per heavy atom. The first-order valence-corrected chi connectivity index (χ1v) is 6.38. The summed E-state index contributed by atoms with van der Waals surface area (Å²) in [5.41, 5.74) is 0. The fourth-order valence-corrected chi connectivity index (χ4v) is 0.919. The first-order chi connectivity index (χ1) is 3.35. The molecular formula is H9N6Zn. The van der Waals surface area contributed by atoms with E-state index in [9.17, 15) is 0 Å². The maximum atomic E-state index is 4.95. The van der Waals surface area contributed by atoms with Crippen LogP contribution in [0.3, 0.4) is 0 Å². The standard InChI is InChI=1S/3H3N2.Zn/c3*1-2;/h3*1H,2H2;/q3*-1;+3. The zero-order valence-corrected chi connectivity index (χ0v) is 6.91.